The first-order valence-corrected chi connectivity index (χ1v) is 4.44. The topological polar surface area (TPSA) is 67.8 Å². The molecule has 0 spiro atoms. The molecule has 2 rings (SSSR count). The van der Waals surface area contributed by atoms with Crippen molar-refractivity contribution in [3.8, 4) is 0 Å². The first-order valence-electron chi connectivity index (χ1n) is 4.44. The van der Waals surface area contributed by atoms with Gasteiger partial charge in [0.25, 0.3) is 0 Å². The van der Waals surface area contributed by atoms with Crippen molar-refractivity contribution < 1.29 is 4.39 Å². The predicted molar refractivity (Wildman–Crippen MR) is 54.2 cm³/mol. The molecule has 5 N–H and O–H groups in total. The summed E-state index contributed by atoms with van der Waals surface area (Å²) in [6.45, 7) is 0.370. The molecule has 0 aliphatic rings. The van der Waals surface area contributed by atoms with Crippen LogP contribution < -0.4 is 11.5 Å². The number of benzene rings is 1. The largest absolute Gasteiger partial charge is 0.357 e. The maximum absolute atomic E-state index is 12.9. The minimum Gasteiger partial charge on any atom is -0.357 e. The average Bonchev–Trinajstić information content (AvgIpc) is 2.59. The van der Waals surface area contributed by atoms with Crippen LogP contribution in [0.5, 0.6) is 0 Å². The van der Waals surface area contributed by atoms with Gasteiger partial charge >= 0.3 is 0 Å². The standard InChI is InChI=1S/C10H12FN3/c11-7-1-2-9-6(3-7)4-10(14-9)8(13)5-12/h1-4,8,14H,5,12-13H2. The number of aromatic amines is 1. The number of halogens is 1. The second-order valence-electron chi connectivity index (χ2n) is 3.30. The molecule has 0 bridgehead atoms. The molecule has 0 radical (unpaired) electrons. The summed E-state index contributed by atoms with van der Waals surface area (Å²) in [6, 6.07) is 6.19. The summed E-state index contributed by atoms with van der Waals surface area (Å²) in [5.74, 6) is -0.246. The maximum Gasteiger partial charge on any atom is 0.123 e. The zero-order valence-electron chi connectivity index (χ0n) is 7.63. The summed E-state index contributed by atoms with van der Waals surface area (Å²) < 4.78 is 12.9. The molecule has 2 aromatic rings. The Morgan fingerprint density at radius 1 is 1.36 bits per heavy atom. The van der Waals surface area contributed by atoms with Crippen molar-refractivity contribution in [3.63, 3.8) is 0 Å². The summed E-state index contributed by atoms with van der Waals surface area (Å²) in [6.07, 6.45) is 0. The van der Waals surface area contributed by atoms with E-state index in [0.717, 1.165) is 16.6 Å². The SMILES string of the molecule is NCC(N)c1cc2cc(F)ccc2[nH]1. The number of rotatable bonds is 2. The smallest absolute Gasteiger partial charge is 0.123 e. The molecule has 74 valence electrons. The first kappa shape index (κ1) is 9.18. The molecule has 0 amide bonds. The lowest BCUT2D eigenvalue weighted by molar-refractivity contribution is 0.630. The van der Waals surface area contributed by atoms with Gasteiger partial charge in [0.2, 0.25) is 0 Å². The highest BCUT2D eigenvalue weighted by atomic mass is 19.1. The molecule has 4 heteroatoms. The Balaban J connectivity index is 2.51. The maximum atomic E-state index is 12.9. The van der Waals surface area contributed by atoms with Crippen molar-refractivity contribution in [2.45, 2.75) is 6.04 Å². The van der Waals surface area contributed by atoms with E-state index in [1.165, 1.54) is 12.1 Å². The number of hydrogen-bond acceptors (Lipinski definition) is 2. The summed E-state index contributed by atoms with van der Waals surface area (Å²) in [5, 5.41) is 0.823. The van der Waals surface area contributed by atoms with Crippen LogP contribution in [0.4, 0.5) is 4.39 Å². The van der Waals surface area contributed by atoms with E-state index in [-0.39, 0.29) is 11.9 Å². The summed E-state index contributed by atoms with van der Waals surface area (Å²) in [4.78, 5) is 3.10. The number of nitrogens with one attached hydrogen (secondary N) is 1. The molecule has 0 saturated carbocycles. The molecule has 0 saturated heterocycles. The van der Waals surface area contributed by atoms with Gasteiger partial charge in [-0.25, -0.2) is 4.39 Å². The fourth-order valence-corrected chi connectivity index (χ4v) is 1.45. The number of hydrogen-bond donors (Lipinski definition) is 3. The quantitative estimate of drug-likeness (QED) is 0.672. The normalized spacial score (nSPS) is 13.4. The molecule has 1 heterocycles. The third-order valence-electron chi connectivity index (χ3n) is 2.26. The molecule has 1 atom stereocenters. The van der Waals surface area contributed by atoms with Crippen LogP contribution in [0.25, 0.3) is 10.9 Å². The first-order chi connectivity index (χ1) is 6.70. The Bertz CT molecular complexity index is 450. The highest BCUT2D eigenvalue weighted by molar-refractivity contribution is 5.80. The van der Waals surface area contributed by atoms with E-state index in [1.54, 1.807) is 6.07 Å². The number of fused-ring (bicyclic) bond motifs is 1. The molecular weight excluding hydrogens is 181 g/mol. The Hall–Kier alpha value is -1.39. The number of nitrogens with two attached hydrogens (primary N) is 2. The Kier molecular flexibility index (Phi) is 2.23. The summed E-state index contributed by atoms with van der Waals surface area (Å²) in [7, 11) is 0. The molecule has 1 aromatic carbocycles. The Morgan fingerprint density at radius 3 is 2.86 bits per heavy atom. The molecular formula is C10H12FN3. The molecule has 0 aliphatic heterocycles. The van der Waals surface area contributed by atoms with Gasteiger partial charge in [-0.05, 0) is 24.3 Å². The van der Waals surface area contributed by atoms with Crippen LogP contribution in [0.3, 0.4) is 0 Å². The van der Waals surface area contributed by atoms with Crippen molar-refractivity contribution in [3.05, 3.63) is 35.8 Å². The van der Waals surface area contributed by atoms with E-state index in [2.05, 4.69) is 4.98 Å². The van der Waals surface area contributed by atoms with Crippen LogP contribution in [-0.2, 0) is 0 Å². The van der Waals surface area contributed by atoms with Gasteiger partial charge in [-0.1, -0.05) is 0 Å². The highest BCUT2D eigenvalue weighted by Gasteiger charge is 2.07. The highest BCUT2D eigenvalue weighted by Crippen LogP contribution is 2.19. The van der Waals surface area contributed by atoms with Gasteiger partial charge in [-0.2, -0.15) is 0 Å². The van der Waals surface area contributed by atoms with Gasteiger partial charge in [-0.15, -0.1) is 0 Å². The minimum atomic E-state index is -0.246. The van der Waals surface area contributed by atoms with Crippen molar-refractivity contribution in [1.29, 1.82) is 0 Å². The van der Waals surface area contributed by atoms with Gasteiger partial charge in [0.05, 0.1) is 6.04 Å². The van der Waals surface area contributed by atoms with Crippen molar-refractivity contribution in [2.75, 3.05) is 6.54 Å². The third-order valence-corrected chi connectivity index (χ3v) is 2.26. The van der Waals surface area contributed by atoms with Crippen molar-refractivity contribution in [2.24, 2.45) is 11.5 Å². The van der Waals surface area contributed by atoms with Crippen molar-refractivity contribution in [1.82, 2.24) is 4.98 Å². The van der Waals surface area contributed by atoms with Gasteiger partial charge in [0.1, 0.15) is 5.82 Å². The fourth-order valence-electron chi connectivity index (χ4n) is 1.45. The second-order valence-corrected chi connectivity index (χ2v) is 3.30. The van der Waals surface area contributed by atoms with E-state index in [9.17, 15) is 4.39 Å². The van der Waals surface area contributed by atoms with E-state index in [1.807, 2.05) is 6.07 Å². The summed E-state index contributed by atoms with van der Waals surface area (Å²) in [5.41, 5.74) is 12.9. The minimum absolute atomic E-state index is 0.217. The van der Waals surface area contributed by atoms with E-state index in [0.29, 0.717) is 6.54 Å². The van der Waals surface area contributed by atoms with E-state index in [4.69, 9.17) is 11.5 Å². The van der Waals surface area contributed by atoms with Gasteiger partial charge in [0.15, 0.2) is 0 Å². The molecule has 1 unspecified atom stereocenters. The number of H-pyrrole nitrogens is 1. The van der Waals surface area contributed by atoms with Gasteiger partial charge < -0.3 is 16.5 Å². The van der Waals surface area contributed by atoms with Gasteiger partial charge in [0, 0.05) is 23.1 Å². The Morgan fingerprint density at radius 2 is 2.14 bits per heavy atom. The van der Waals surface area contributed by atoms with Crippen LogP contribution in [0.1, 0.15) is 11.7 Å². The Labute approximate surface area is 80.9 Å². The van der Waals surface area contributed by atoms with Crippen LogP contribution in [0, 0.1) is 5.82 Å². The monoisotopic (exact) mass is 193 g/mol. The predicted octanol–water partition coefficient (Wildman–Crippen LogP) is 1.27. The average molecular weight is 193 g/mol. The zero-order chi connectivity index (χ0) is 10.1. The molecule has 0 fully saturated rings. The molecule has 1 aromatic heterocycles. The third kappa shape index (κ3) is 1.49. The molecule has 3 nitrogen and oxygen atoms in total. The number of aromatic nitrogens is 1. The van der Waals surface area contributed by atoms with Crippen LogP contribution in [-0.4, -0.2) is 11.5 Å². The molecule has 0 aliphatic carbocycles. The van der Waals surface area contributed by atoms with Crippen LogP contribution in [0.2, 0.25) is 0 Å². The second kappa shape index (κ2) is 3.40. The van der Waals surface area contributed by atoms with Gasteiger partial charge in [-0.3, -0.25) is 0 Å². The van der Waals surface area contributed by atoms with Crippen molar-refractivity contribution >= 4 is 10.9 Å². The fraction of sp³-hybridized carbons (Fsp3) is 0.200. The zero-order valence-corrected chi connectivity index (χ0v) is 7.63. The van der Waals surface area contributed by atoms with E-state index < -0.39 is 0 Å². The lowest BCUT2D eigenvalue weighted by Crippen LogP contribution is -2.20. The lowest BCUT2D eigenvalue weighted by atomic mass is 10.2. The molecule has 14 heavy (non-hydrogen) atoms. The van der Waals surface area contributed by atoms with E-state index >= 15 is 0 Å². The van der Waals surface area contributed by atoms with Crippen LogP contribution in [0.15, 0.2) is 24.3 Å². The van der Waals surface area contributed by atoms with Crippen LogP contribution >= 0.6 is 0 Å². The summed E-state index contributed by atoms with van der Waals surface area (Å²) >= 11 is 0. The lowest BCUT2D eigenvalue weighted by Gasteiger charge is -2.03.